The number of anilines is 1. The summed E-state index contributed by atoms with van der Waals surface area (Å²) in [4.78, 5) is 12.1. The minimum Gasteiger partial charge on any atom is -0.497 e. The van der Waals surface area contributed by atoms with Crippen molar-refractivity contribution in [2.75, 3.05) is 26.1 Å². The molecule has 0 heterocycles. The summed E-state index contributed by atoms with van der Waals surface area (Å²) in [5.41, 5.74) is 1.93. The molecule has 0 radical (unpaired) electrons. The molecule has 0 aliphatic rings. The number of methoxy groups -OCH3 is 2. The smallest absolute Gasteiger partial charge is 0.239 e. The third-order valence-corrected chi connectivity index (χ3v) is 3.63. The van der Waals surface area contributed by atoms with Gasteiger partial charge in [-0.3, -0.25) is 4.79 Å². The van der Waals surface area contributed by atoms with Crippen LogP contribution in [0.25, 0.3) is 0 Å². The summed E-state index contributed by atoms with van der Waals surface area (Å²) in [5.74, 6) is 1.48. The Bertz CT molecular complexity index is 673. The van der Waals surface area contributed by atoms with Crippen LogP contribution in [0.1, 0.15) is 12.5 Å². The van der Waals surface area contributed by atoms with Crippen LogP contribution in [0.2, 0.25) is 0 Å². The van der Waals surface area contributed by atoms with Gasteiger partial charge in [0, 0.05) is 6.04 Å². The van der Waals surface area contributed by atoms with Gasteiger partial charge in [-0.15, -0.1) is 0 Å². The number of rotatable bonds is 8. The number of benzene rings is 2. The first kappa shape index (κ1) is 17.7. The van der Waals surface area contributed by atoms with Crippen LogP contribution in [-0.2, 0) is 11.2 Å². The summed E-state index contributed by atoms with van der Waals surface area (Å²) in [5, 5.41) is 6.08. The summed E-state index contributed by atoms with van der Waals surface area (Å²) in [6.07, 6.45) is 0.748. The first-order chi connectivity index (χ1) is 11.6. The van der Waals surface area contributed by atoms with Crippen LogP contribution in [0.3, 0.4) is 0 Å². The number of hydrogen-bond acceptors (Lipinski definition) is 4. The number of hydrogen-bond donors (Lipinski definition) is 2. The molecule has 5 heteroatoms. The number of para-hydroxylation sites is 2. The van der Waals surface area contributed by atoms with Gasteiger partial charge in [0.2, 0.25) is 5.91 Å². The van der Waals surface area contributed by atoms with Gasteiger partial charge >= 0.3 is 0 Å². The molecule has 0 fully saturated rings. The van der Waals surface area contributed by atoms with Crippen LogP contribution in [0, 0.1) is 0 Å². The van der Waals surface area contributed by atoms with E-state index in [0.29, 0.717) is 0 Å². The second kappa shape index (κ2) is 8.82. The van der Waals surface area contributed by atoms with E-state index in [1.165, 1.54) is 0 Å². The number of carbonyl (C=O) groups excluding carboxylic acids is 1. The Labute approximate surface area is 143 Å². The summed E-state index contributed by atoms with van der Waals surface area (Å²) < 4.78 is 10.5. The Morgan fingerprint density at radius 3 is 2.62 bits per heavy atom. The number of carbonyl (C=O) groups is 1. The van der Waals surface area contributed by atoms with Crippen LogP contribution in [0.5, 0.6) is 11.5 Å². The second-order valence-corrected chi connectivity index (χ2v) is 5.58. The number of ether oxygens (including phenoxy) is 2. The van der Waals surface area contributed by atoms with Crippen molar-refractivity contribution in [1.82, 2.24) is 5.32 Å². The van der Waals surface area contributed by atoms with Gasteiger partial charge in [-0.1, -0.05) is 24.3 Å². The molecule has 1 amide bonds. The fourth-order valence-corrected chi connectivity index (χ4v) is 2.50. The van der Waals surface area contributed by atoms with Crippen molar-refractivity contribution in [2.45, 2.75) is 19.4 Å². The van der Waals surface area contributed by atoms with Crippen molar-refractivity contribution >= 4 is 11.6 Å². The maximum atomic E-state index is 12.1. The summed E-state index contributed by atoms with van der Waals surface area (Å²) >= 11 is 0. The first-order valence-corrected chi connectivity index (χ1v) is 7.91. The third-order valence-electron chi connectivity index (χ3n) is 3.63. The van der Waals surface area contributed by atoms with E-state index >= 15 is 0 Å². The zero-order valence-corrected chi connectivity index (χ0v) is 14.3. The molecule has 128 valence electrons. The molecule has 2 N–H and O–H groups in total. The highest BCUT2D eigenvalue weighted by atomic mass is 16.5. The first-order valence-electron chi connectivity index (χ1n) is 7.91. The van der Waals surface area contributed by atoms with Crippen LogP contribution in [-0.4, -0.2) is 32.7 Å². The number of nitrogens with one attached hydrogen (secondary N) is 2. The molecule has 2 rings (SSSR count). The van der Waals surface area contributed by atoms with Gasteiger partial charge in [-0.2, -0.15) is 0 Å². The average molecular weight is 328 g/mol. The minimum atomic E-state index is -0.0590. The average Bonchev–Trinajstić information content (AvgIpc) is 2.60. The van der Waals surface area contributed by atoms with Gasteiger partial charge in [0.1, 0.15) is 11.5 Å². The van der Waals surface area contributed by atoms with Gasteiger partial charge in [0.25, 0.3) is 0 Å². The van der Waals surface area contributed by atoms with Crippen molar-refractivity contribution in [1.29, 1.82) is 0 Å². The molecule has 0 saturated heterocycles. The fourth-order valence-electron chi connectivity index (χ4n) is 2.50. The maximum Gasteiger partial charge on any atom is 0.239 e. The number of amides is 1. The SMILES string of the molecule is COc1cccc(C[C@@H](C)NC(=O)CNc2ccccc2OC)c1. The van der Waals surface area contributed by atoms with Gasteiger partial charge in [0.15, 0.2) is 0 Å². The molecular weight excluding hydrogens is 304 g/mol. The minimum absolute atomic E-state index is 0.0316. The molecule has 2 aromatic carbocycles. The Kier molecular flexibility index (Phi) is 6.49. The topological polar surface area (TPSA) is 59.6 Å². The Balaban J connectivity index is 1.83. The fraction of sp³-hybridized carbons (Fsp3) is 0.316. The molecule has 0 aliphatic carbocycles. The van der Waals surface area contributed by atoms with Gasteiger partial charge in [-0.05, 0) is 43.2 Å². The van der Waals surface area contributed by atoms with Crippen molar-refractivity contribution in [3.8, 4) is 11.5 Å². The molecule has 0 bridgehead atoms. The summed E-state index contributed by atoms with van der Waals surface area (Å²) in [6.45, 7) is 2.18. The lowest BCUT2D eigenvalue weighted by Crippen LogP contribution is -2.37. The standard InChI is InChI=1S/C19H24N2O3/c1-14(11-15-7-6-8-16(12-15)23-2)21-19(22)13-20-17-9-4-5-10-18(17)24-3/h4-10,12,14,20H,11,13H2,1-3H3,(H,21,22)/t14-/m1/s1. The molecule has 24 heavy (non-hydrogen) atoms. The van der Waals surface area contributed by atoms with Crippen molar-refractivity contribution < 1.29 is 14.3 Å². The predicted octanol–water partition coefficient (Wildman–Crippen LogP) is 2.86. The molecule has 2 aromatic rings. The van der Waals surface area contributed by atoms with Crippen LogP contribution in [0.15, 0.2) is 48.5 Å². The van der Waals surface area contributed by atoms with E-state index in [9.17, 15) is 4.79 Å². The summed E-state index contributed by atoms with van der Waals surface area (Å²) in [7, 11) is 3.25. The molecule has 1 atom stereocenters. The van der Waals surface area contributed by atoms with Gasteiger partial charge in [0.05, 0.1) is 26.5 Å². The Morgan fingerprint density at radius 2 is 1.88 bits per heavy atom. The lowest BCUT2D eigenvalue weighted by Gasteiger charge is -2.16. The highest BCUT2D eigenvalue weighted by molar-refractivity contribution is 5.81. The van der Waals surface area contributed by atoms with E-state index in [0.717, 1.165) is 29.2 Å². The normalized spacial score (nSPS) is 11.5. The van der Waals surface area contributed by atoms with Crippen LogP contribution < -0.4 is 20.1 Å². The quantitative estimate of drug-likeness (QED) is 0.782. The monoisotopic (exact) mass is 328 g/mol. The highest BCUT2D eigenvalue weighted by Crippen LogP contribution is 2.22. The molecule has 0 spiro atoms. The molecule has 0 unspecified atom stereocenters. The Morgan fingerprint density at radius 1 is 1.08 bits per heavy atom. The largest absolute Gasteiger partial charge is 0.497 e. The van der Waals surface area contributed by atoms with E-state index in [1.54, 1.807) is 14.2 Å². The zero-order valence-electron chi connectivity index (χ0n) is 14.3. The van der Waals surface area contributed by atoms with Crippen LogP contribution >= 0.6 is 0 Å². The predicted molar refractivity (Wildman–Crippen MR) is 95.8 cm³/mol. The molecule has 5 nitrogen and oxygen atoms in total. The van der Waals surface area contributed by atoms with Crippen molar-refractivity contribution in [3.05, 3.63) is 54.1 Å². The second-order valence-electron chi connectivity index (χ2n) is 5.58. The van der Waals surface area contributed by atoms with Gasteiger partial charge < -0.3 is 20.1 Å². The summed E-state index contributed by atoms with van der Waals surface area (Å²) in [6, 6.07) is 15.4. The van der Waals surface area contributed by atoms with Crippen LogP contribution in [0.4, 0.5) is 5.69 Å². The van der Waals surface area contributed by atoms with E-state index in [4.69, 9.17) is 9.47 Å². The van der Waals surface area contributed by atoms with Gasteiger partial charge in [-0.25, -0.2) is 0 Å². The Hall–Kier alpha value is -2.69. The van der Waals surface area contributed by atoms with Crippen molar-refractivity contribution in [2.24, 2.45) is 0 Å². The third kappa shape index (κ3) is 5.19. The molecule has 0 aliphatic heterocycles. The molecule has 0 saturated carbocycles. The van der Waals surface area contributed by atoms with E-state index < -0.39 is 0 Å². The molecule has 0 aromatic heterocycles. The maximum absolute atomic E-state index is 12.1. The van der Waals surface area contributed by atoms with E-state index in [1.807, 2.05) is 55.5 Å². The lowest BCUT2D eigenvalue weighted by molar-refractivity contribution is -0.119. The van der Waals surface area contributed by atoms with E-state index in [-0.39, 0.29) is 18.5 Å². The zero-order chi connectivity index (χ0) is 17.4. The molecular formula is C19H24N2O3. The lowest BCUT2D eigenvalue weighted by atomic mass is 10.1. The van der Waals surface area contributed by atoms with Crippen molar-refractivity contribution in [3.63, 3.8) is 0 Å². The highest BCUT2D eigenvalue weighted by Gasteiger charge is 2.09. The van der Waals surface area contributed by atoms with E-state index in [2.05, 4.69) is 10.6 Å².